The molecule has 0 spiro atoms. The van der Waals surface area contributed by atoms with Gasteiger partial charge in [0.1, 0.15) is 11.4 Å². The highest BCUT2D eigenvalue weighted by Crippen LogP contribution is 2.31. The molecule has 0 atom stereocenters. The zero-order valence-corrected chi connectivity index (χ0v) is 17.4. The van der Waals surface area contributed by atoms with Crippen molar-refractivity contribution in [3.8, 4) is 22.7 Å². The van der Waals surface area contributed by atoms with Gasteiger partial charge in [-0.1, -0.05) is 42.0 Å². The molecule has 5 rings (SSSR count). The van der Waals surface area contributed by atoms with E-state index in [9.17, 15) is 9.90 Å². The Balaban J connectivity index is 1.72. The van der Waals surface area contributed by atoms with Crippen molar-refractivity contribution >= 4 is 22.5 Å². The van der Waals surface area contributed by atoms with Crippen molar-refractivity contribution in [3.63, 3.8) is 0 Å². The van der Waals surface area contributed by atoms with E-state index in [0.29, 0.717) is 22.6 Å². The highest BCUT2D eigenvalue weighted by Gasteiger charge is 2.19. The smallest absolute Gasteiger partial charge is 0.198 e. The first-order chi connectivity index (χ1) is 15.5. The molecule has 6 nitrogen and oxygen atoms in total. The number of phenols is 1. The van der Waals surface area contributed by atoms with Crippen molar-refractivity contribution in [2.75, 3.05) is 5.73 Å². The second-order valence-electron chi connectivity index (χ2n) is 7.66. The molecule has 0 amide bonds. The van der Waals surface area contributed by atoms with Gasteiger partial charge in [0.2, 0.25) is 0 Å². The standard InChI is InChI=1S/C26H20N4O2/c1-16-6-12-20(13-7-16)30-26-22(24(29-30)17-8-10-19(27)11-9-17)14-18(15-28-26)25(32)21-4-2-3-5-23(21)31/h2-15,31H,27H2,1H3. The molecule has 3 N–H and O–H groups in total. The third-order valence-electron chi connectivity index (χ3n) is 5.40. The molecule has 0 saturated carbocycles. The second kappa shape index (κ2) is 7.67. The minimum Gasteiger partial charge on any atom is -0.507 e. The summed E-state index contributed by atoms with van der Waals surface area (Å²) in [5.41, 5.74) is 11.3. The molecule has 5 aromatic rings. The van der Waals surface area contributed by atoms with Gasteiger partial charge in [-0.2, -0.15) is 5.10 Å². The number of nitrogens with zero attached hydrogens (tertiary/aromatic N) is 3. The number of anilines is 1. The number of hydrogen-bond acceptors (Lipinski definition) is 5. The summed E-state index contributed by atoms with van der Waals surface area (Å²) in [6.07, 6.45) is 1.52. The fourth-order valence-corrected chi connectivity index (χ4v) is 3.67. The van der Waals surface area contributed by atoms with Crippen LogP contribution in [0.3, 0.4) is 0 Å². The SMILES string of the molecule is Cc1ccc(-n2nc(-c3ccc(N)cc3)c3cc(C(=O)c4ccccc4O)cnc32)cc1. The lowest BCUT2D eigenvalue weighted by molar-refractivity contribution is 0.103. The zero-order chi connectivity index (χ0) is 22.2. The maximum atomic E-state index is 13.1. The van der Waals surface area contributed by atoms with Crippen LogP contribution in [-0.2, 0) is 0 Å². The fraction of sp³-hybridized carbons (Fsp3) is 0.0385. The van der Waals surface area contributed by atoms with Gasteiger partial charge in [-0.05, 0) is 49.4 Å². The Morgan fingerprint density at radius 3 is 2.41 bits per heavy atom. The minimum atomic E-state index is -0.302. The van der Waals surface area contributed by atoms with E-state index in [1.54, 1.807) is 28.9 Å². The predicted octanol–water partition coefficient (Wildman–Crippen LogP) is 4.91. The van der Waals surface area contributed by atoms with Gasteiger partial charge in [0, 0.05) is 28.4 Å². The molecule has 0 bridgehead atoms. The summed E-state index contributed by atoms with van der Waals surface area (Å²) in [6, 6.07) is 23.7. The predicted molar refractivity (Wildman–Crippen MR) is 125 cm³/mol. The van der Waals surface area contributed by atoms with E-state index >= 15 is 0 Å². The normalized spacial score (nSPS) is 11.0. The van der Waals surface area contributed by atoms with E-state index in [4.69, 9.17) is 10.8 Å². The number of pyridine rings is 1. The van der Waals surface area contributed by atoms with E-state index in [2.05, 4.69) is 4.98 Å². The van der Waals surface area contributed by atoms with Gasteiger partial charge in [0.05, 0.1) is 11.3 Å². The first-order valence-electron chi connectivity index (χ1n) is 10.2. The zero-order valence-electron chi connectivity index (χ0n) is 17.4. The summed E-state index contributed by atoms with van der Waals surface area (Å²) in [6.45, 7) is 2.03. The lowest BCUT2D eigenvalue weighted by atomic mass is 10.0. The van der Waals surface area contributed by atoms with E-state index < -0.39 is 0 Å². The van der Waals surface area contributed by atoms with Gasteiger partial charge < -0.3 is 10.8 Å². The number of phenolic OH excluding ortho intramolecular Hbond substituents is 1. The number of carbonyl (C=O) groups is 1. The number of fused-ring (bicyclic) bond motifs is 1. The lowest BCUT2D eigenvalue weighted by Crippen LogP contribution is -2.03. The molecule has 2 heterocycles. The molecule has 6 heteroatoms. The van der Waals surface area contributed by atoms with Crippen molar-refractivity contribution in [1.29, 1.82) is 0 Å². The first kappa shape index (κ1) is 19.5. The van der Waals surface area contributed by atoms with E-state index in [-0.39, 0.29) is 17.1 Å². The number of benzene rings is 3. The van der Waals surface area contributed by atoms with Crippen LogP contribution >= 0.6 is 0 Å². The number of rotatable bonds is 4. The van der Waals surface area contributed by atoms with Gasteiger partial charge in [0.25, 0.3) is 0 Å². The Labute approximate surface area is 184 Å². The number of nitrogen functional groups attached to an aromatic ring is 1. The number of hydrogen-bond donors (Lipinski definition) is 2. The van der Waals surface area contributed by atoms with Gasteiger partial charge in [-0.3, -0.25) is 4.79 Å². The van der Waals surface area contributed by atoms with Crippen LogP contribution in [0.1, 0.15) is 21.5 Å². The van der Waals surface area contributed by atoms with Crippen molar-refractivity contribution in [2.45, 2.75) is 6.92 Å². The summed E-state index contributed by atoms with van der Waals surface area (Å²) in [5, 5.41) is 15.7. The summed E-state index contributed by atoms with van der Waals surface area (Å²) < 4.78 is 1.77. The van der Waals surface area contributed by atoms with Crippen molar-refractivity contribution < 1.29 is 9.90 Å². The van der Waals surface area contributed by atoms with Gasteiger partial charge in [0.15, 0.2) is 11.4 Å². The van der Waals surface area contributed by atoms with Gasteiger partial charge >= 0.3 is 0 Å². The topological polar surface area (TPSA) is 94.0 Å². The Morgan fingerprint density at radius 1 is 0.969 bits per heavy atom. The summed E-state index contributed by atoms with van der Waals surface area (Å²) >= 11 is 0. The summed E-state index contributed by atoms with van der Waals surface area (Å²) in [5.74, 6) is -0.365. The molecule has 156 valence electrons. The quantitative estimate of drug-likeness (QED) is 0.318. The second-order valence-corrected chi connectivity index (χ2v) is 7.66. The maximum Gasteiger partial charge on any atom is 0.198 e. The first-order valence-corrected chi connectivity index (χ1v) is 10.2. The molecule has 2 aromatic heterocycles. The number of carbonyl (C=O) groups excluding carboxylic acids is 1. The molecular weight excluding hydrogens is 400 g/mol. The molecule has 0 saturated heterocycles. The largest absolute Gasteiger partial charge is 0.507 e. The van der Waals surface area contributed by atoms with Crippen LogP contribution in [-0.4, -0.2) is 25.7 Å². The molecule has 3 aromatic carbocycles. The number of para-hydroxylation sites is 1. The van der Waals surface area contributed by atoms with Crippen molar-refractivity contribution in [1.82, 2.24) is 14.8 Å². The van der Waals surface area contributed by atoms with Crippen LogP contribution in [0.15, 0.2) is 85.1 Å². The molecule has 32 heavy (non-hydrogen) atoms. The van der Waals surface area contributed by atoms with Crippen LogP contribution in [0, 0.1) is 6.92 Å². The van der Waals surface area contributed by atoms with Crippen LogP contribution in [0.5, 0.6) is 5.75 Å². The Morgan fingerprint density at radius 2 is 1.69 bits per heavy atom. The van der Waals surface area contributed by atoms with Crippen LogP contribution in [0.4, 0.5) is 5.69 Å². The van der Waals surface area contributed by atoms with Gasteiger partial charge in [-0.15, -0.1) is 0 Å². The number of aromatic hydroxyl groups is 1. The monoisotopic (exact) mass is 420 g/mol. The van der Waals surface area contributed by atoms with Crippen LogP contribution in [0.25, 0.3) is 28.0 Å². The minimum absolute atomic E-state index is 0.0632. The Kier molecular flexibility index (Phi) is 4.67. The number of nitrogens with two attached hydrogens (primary N) is 1. The average molecular weight is 420 g/mol. The van der Waals surface area contributed by atoms with Gasteiger partial charge in [-0.25, -0.2) is 9.67 Å². The number of aromatic nitrogens is 3. The molecular formula is C26H20N4O2. The highest BCUT2D eigenvalue weighted by molar-refractivity contribution is 6.12. The van der Waals surface area contributed by atoms with E-state index in [1.807, 2.05) is 55.5 Å². The van der Waals surface area contributed by atoms with Crippen molar-refractivity contribution in [2.24, 2.45) is 0 Å². The Hall–Kier alpha value is -4.45. The average Bonchev–Trinajstić information content (AvgIpc) is 3.19. The number of ketones is 1. The molecule has 0 aliphatic heterocycles. The highest BCUT2D eigenvalue weighted by atomic mass is 16.3. The molecule has 0 radical (unpaired) electrons. The molecule has 0 aliphatic rings. The summed E-state index contributed by atoms with van der Waals surface area (Å²) in [7, 11) is 0. The number of aryl methyl sites for hydroxylation is 1. The van der Waals surface area contributed by atoms with Crippen LogP contribution in [0.2, 0.25) is 0 Å². The van der Waals surface area contributed by atoms with E-state index in [0.717, 1.165) is 22.2 Å². The fourth-order valence-electron chi connectivity index (χ4n) is 3.67. The summed E-state index contributed by atoms with van der Waals surface area (Å²) in [4.78, 5) is 17.7. The Bertz CT molecular complexity index is 1450. The maximum absolute atomic E-state index is 13.1. The van der Waals surface area contributed by atoms with Crippen LogP contribution < -0.4 is 5.73 Å². The van der Waals surface area contributed by atoms with Crippen molar-refractivity contribution in [3.05, 3.63) is 102 Å². The molecule has 0 unspecified atom stereocenters. The van der Waals surface area contributed by atoms with E-state index in [1.165, 1.54) is 12.3 Å². The third-order valence-corrected chi connectivity index (χ3v) is 5.40. The molecule has 0 fully saturated rings. The molecule has 0 aliphatic carbocycles. The lowest BCUT2D eigenvalue weighted by Gasteiger charge is -2.05. The third kappa shape index (κ3) is 3.37.